The molecule has 1 atom stereocenters. The Morgan fingerprint density at radius 2 is 1.76 bits per heavy atom. The normalized spacial score (nSPS) is 17.3. The number of amides is 4. The predicted molar refractivity (Wildman–Crippen MR) is 123 cm³/mol. The molecule has 0 saturated carbocycles. The lowest BCUT2D eigenvalue weighted by molar-refractivity contribution is -0.133. The van der Waals surface area contributed by atoms with E-state index in [1.807, 2.05) is 0 Å². The van der Waals surface area contributed by atoms with E-state index in [0.29, 0.717) is 22.7 Å². The standard InChI is InChI=1S/C24H23N5O5/c1-15-13-18(34-22-25-11-4-12-26-22)9-10-19(15)27-20(30)14-29-21(31)24(2,28-23(29)32)16-5-7-17(33-3)8-6-16/h4-13H,14H2,1-3H3,(H,27,30)(H,28,32). The highest BCUT2D eigenvalue weighted by Gasteiger charge is 2.49. The summed E-state index contributed by atoms with van der Waals surface area (Å²) in [5, 5.41) is 5.42. The smallest absolute Gasteiger partial charge is 0.325 e. The third-order valence-corrected chi connectivity index (χ3v) is 5.47. The van der Waals surface area contributed by atoms with Crippen molar-refractivity contribution in [3.63, 3.8) is 0 Å². The lowest BCUT2D eigenvalue weighted by atomic mass is 9.92. The van der Waals surface area contributed by atoms with Crippen LogP contribution >= 0.6 is 0 Å². The summed E-state index contributed by atoms with van der Waals surface area (Å²) in [6.45, 7) is 2.97. The maximum absolute atomic E-state index is 13.1. The Kier molecular flexibility index (Phi) is 6.13. The summed E-state index contributed by atoms with van der Waals surface area (Å²) in [6.07, 6.45) is 3.14. The van der Waals surface area contributed by atoms with E-state index in [0.717, 1.165) is 10.5 Å². The molecule has 4 rings (SSSR count). The molecule has 1 aliphatic heterocycles. The molecule has 0 bridgehead atoms. The first-order valence-electron chi connectivity index (χ1n) is 10.4. The lowest BCUT2D eigenvalue weighted by Crippen LogP contribution is -2.42. The van der Waals surface area contributed by atoms with Crippen LogP contribution in [0.3, 0.4) is 0 Å². The molecule has 1 unspecified atom stereocenters. The molecular weight excluding hydrogens is 438 g/mol. The second-order valence-electron chi connectivity index (χ2n) is 7.83. The monoisotopic (exact) mass is 461 g/mol. The van der Waals surface area contributed by atoms with Gasteiger partial charge in [-0.1, -0.05) is 12.1 Å². The number of methoxy groups -OCH3 is 1. The van der Waals surface area contributed by atoms with Crippen LogP contribution in [0.25, 0.3) is 0 Å². The molecule has 2 aromatic carbocycles. The molecule has 1 saturated heterocycles. The fourth-order valence-electron chi connectivity index (χ4n) is 3.58. The molecule has 0 spiro atoms. The number of imide groups is 1. The molecule has 2 N–H and O–H groups in total. The van der Waals surface area contributed by atoms with Gasteiger partial charge in [0.2, 0.25) is 5.91 Å². The fourth-order valence-corrected chi connectivity index (χ4v) is 3.58. The highest BCUT2D eigenvalue weighted by Crippen LogP contribution is 2.30. The first kappa shape index (κ1) is 22.7. The molecule has 0 aliphatic carbocycles. The number of aromatic nitrogens is 2. The topological polar surface area (TPSA) is 123 Å². The quantitative estimate of drug-likeness (QED) is 0.519. The number of nitrogens with zero attached hydrogens (tertiary/aromatic N) is 3. The Hall–Kier alpha value is -4.47. The van der Waals surface area contributed by atoms with E-state index in [1.165, 1.54) is 0 Å². The van der Waals surface area contributed by atoms with Gasteiger partial charge in [-0.05, 0) is 61.4 Å². The molecule has 34 heavy (non-hydrogen) atoms. The van der Waals surface area contributed by atoms with Crippen LogP contribution in [0.2, 0.25) is 0 Å². The van der Waals surface area contributed by atoms with E-state index in [2.05, 4.69) is 20.6 Å². The highest BCUT2D eigenvalue weighted by molar-refractivity contribution is 6.10. The van der Waals surface area contributed by atoms with Crippen molar-refractivity contribution >= 4 is 23.5 Å². The molecule has 1 fully saturated rings. The van der Waals surface area contributed by atoms with Crippen molar-refractivity contribution in [2.45, 2.75) is 19.4 Å². The molecule has 3 aromatic rings. The van der Waals surface area contributed by atoms with Crippen LogP contribution in [-0.4, -0.2) is 46.4 Å². The van der Waals surface area contributed by atoms with E-state index in [9.17, 15) is 14.4 Å². The summed E-state index contributed by atoms with van der Waals surface area (Å²) in [6, 6.07) is 13.1. The average Bonchev–Trinajstić information content (AvgIpc) is 3.05. The average molecular weight is 461 g/mol. The van der Waals surface area contributed by atoms with Gasteiger partial charge in [-0.3, -0.25) is 14.5 Å². The van der Waals surface area contributed by atoms with Crippen LogP contribution < -0.4 is 20.1 Å². The third kappa shape index (κ3) is 4.51. The van der Waals surface area contributed by atoms with Gasteiger partial charge in [0.25, 0.3) is 5.91 Å². The van der Waals surface area contributed by atoms with Crippen LogP contribution in [0.5, 0.6) is 17.5 Å². The molecule has 1 aliphatic rings. The summed E-state index contributed by atoms with van der Waals surface area (Å²) in [7, 11) is 1.54. The lowest BCUT2D eigenvalue weighted by Gasteiger charge is -2.22. The Morgan fingerprint density at radius 1 is 1.09 bits per heavy atom. The zero-order valence-electron chi connectivity index (χ0n) is 18.9. The van der Waals surface area contributed by atoms with Crippen molar-refractivity contribution in [1.82, 2.24) is 20.2 Å². The molecule has 10 nitrogen and oxygen atoms in total. The summed E-state index contributed by atoms with van der Waals surface area (Å²) >= 11 is 0. The maximum atomic E-state index is 13.1. The first-order chi connectivity index (χ1) is 16.3. The maximum Gasteiger partial charge on any atom is 0.325 e. The number of ether oxygens (including phenoxy) is 2. The minimum Gasteiger partial charge on any atom is -0.497 e. The Balaban J connectivity index is 1.42. The van der Waals surface area contributed by atoms with Gasteiger partial charge in [-0.2, -0.15) is 0 Å². The van der Waals surface area contributed by atoms with Crippen molar-refractivity contribution < 1.29 is 23.9 Å². The summed E-state index contributed by atoms with van der Waals surface area (Å²) < 4.78 is 10.7. The highest BCUT2D eigenvalue weighted by atomic mass is 16.5. The molecule has 2 heterocycles. The molecule has 4 amide bonds. The van der Waals surface area contributed by atoms with Crippen LogP contribution in [0.1, 0.15) is 18.1 Å². The Morgan fingerprint density at radius 3 is 2.41 bits per heavy atom. The van der Waals surface area contributed by atoms with Crippen molar-refractivity contribution in [2.75, 3.05) is 19.0 Å². The number of carbonyl (C=O) groups excluding carboxylic acids is 3. The minimum absolute atomic E-state index is 0.206. The second-order valence-corrected chi connectivity index (χ2v) is 7.83. The van der Waals surface area contributed by atoms with Crippen LogP contribution in [0.15, 0.2) is 60.9 Å². The number of urea groups is 1. The van der Waals surface area contributed by atoms with Crippen molar-refractivity contribution in [1.29, 1.82) is 0 Å². The number of nitrogens with one attached hydrogen (secondary N) is 2. The third-order valence-electron chi connectivity index (χ3n) is 5.47. The van der Waals surface area contributed by atoms with Crippen LogP contribution in [0, 0.1) is 6.92 Å². The number of aryl methyl sites for hydroxylation is 1. The predicted octanol–water partition coefficient (Wildman–Crippen LogP) is 2.99. The summed E-state index contributed by atoms with van der Waals surface area (Å²) in [4.78, 5) is 47.2. The zero-order valence-corrected chi connectivity index (χ0v) is 18.9. The van der Waals surface area contributed by atoms with Gasteiger partial charge in [-0.25, -0.2) is 14.8 Å². The second kappa shape index (κ2) is 9.18. The Bertz CT molecular complexity index is 1230. The van der Waals surface area contributed by atoms with E-state index in [4.69, 9.17) is 9.47 Å². The number of hydrogen-bond donors (Lipinski definition) is 2. The number of carbonyl (C=O) groups is 3. The van der Waals surface area contributed by atoms with E-state index in [-0.39, 0.29) is 6.01 Å². The fraction of sp³-hybridized carbons (Fsp3) is 0.208. The summed E-state index contributed by atoms with van der Waals surface area (Å²) in [5.41, 5.74) is 0.555. The Labute approximate surface area is 195 Å². The van der Waals surface area contributed by atoms with Gasteiger partial charge in [0, 0.05) is 18.1 Å². The molecule has 0 radical (unpaired) electrons. The van der Waals surface area contributed by atoms with Gasteiger partial charge >= 0.3 is 12.0 Å². The van der Waals surface area contributed by atoms with Crippen molar-refractivity contribution in [3.8, 4) is 17.5 Å². The van der Waals surface area contributed by atoms with Crippen molar-refractivity contribution in [3.05, 3.63) is 72.1 Å². The number of benzene rings is 2. The molecular formula is C24H23N5O5. The molecule has 10 heteroatoms. The number of hydrogen-bond acceptors (Lipinski definition) is 7. The minimum atomic E-state index is -1.28. The SMILES string of the molecule is COc1ccc(C2(C)NC(=O)N(CC(=O)Nc3ccc(Oc4ncccn4)cc3C)C2=O)cc1. The number of anilines is 1. The van der Waals surface area contributed by atoms with E-state index >= 15 is 0 Å². The largest absolute Gasteiger partial charge is 0.497 e. The molecule has 1 aromatic heterocycles. The van der Waals surface area contributed by atoms with Crippen molar-refractivity contribution in [2.24, 2.45) is 0 Å². The van der Waals surface area contributed by atoms with Gasteiger partial charge in [-0.15, -0.1) is 0 Å². The van der Waals surface area contributed by atoms with Gasteiger partial charge in [0.15, 0.2) is 0 Å². The van der Waals surface area contributed by atoms with Gasteiger partial charge < -0.3 is 20.1 Å². The number of rotatable bonds is 7. The molecule has 174 valence electrons. The van der Waals surface area contributed by atoms with Crippen LogP contribution in [0.4, 0.5) is 10.5 Å². The van der Waals surface area contributed by atoms with E-state index < -0.39 is 29.9 Å². The first-order valence-corrected chi connectivity index (χ1v) is 10.4. The van der Waals surface area contributed by atoms with Crippen LogP contribution in [-0.2, 0) is 15.1 Å². The summed E-state index contributed by atoms with van der Waals surface area (Å²) in [5.74, 6) is 0.112. The van der Waals surface area contributed by atoms with Gasteiger partial charge in [0.1, 0.15) is 23.6 Å². The van der Waals surface area contributed by atoms with E-state index in [1.54, 1.807) is 81.9 Å². The zero-order chi connectivity index (χ0) is 24.3. The van der Waals surface area contributed by atoms with Gasteiger partial charge in [0.05, 0.1) is 7.11 Å².